The summed E-state index contributed by atoms with van der Waals surface area (Å²) in [4.78, 5) is 11.9. The van der Waals surface area contributed by atoms with Gasteiger partial charge in [0.2, 0.25) is 0 Å². The molecule has 0 saturated heterocycles. The first-order chi connectivity index (χ1) is 8.40. The van der Waals surface area contributed by atoms with E-state index in [0.717, 1.165) is 5.56 Å². The van der Waals surface area contributed by atoms with E-state index in [2.05, 4.69) is 5.32 Å². The van der Waals surface area contributed by atoms with E-state index < -0.39 is 5.82 Å². The number of halogens is 1. The van der Waals surface area contributed by atoms with Gasteiger partial charge in [-0.15, -0.1) is 0 Å². The fourth-order valence-corrected chi connectivity index (χ4v) is 1.87. The molecule has 100 valence electrons. The minimum Gasteiger partial charge on any atom is -0.393 e. The van der Waals surface area contributed by atoms with Crippen LogP contribution in [0.3, 0.4) is 0 Å². The van der Waals surface area contributed by atoms with Gasteiger partial charge in [0.15, 0.2) is 0 Å². The highest BCUT2D eigenvalue weighted by molar-refractivity contribution is 5.95. The number of aryl methyl sites for hydroxylation is 1. The molecule has 2 atom stereocenters. The average Bonchev–Trinajstić information content (AvgIpc) is 2.28. The highest BCUT2D eigenvalue weighted by atomic mass is 19.1. The molecular formula is C14H20FNO2. The van der Waals surface area contributed by atoms with E-state index >= 15 is 0 Å². The Labute approximate surface area is 107 Å². The second-order valence-electron chi connectivity index (χ2n) is 4.86. The van der Waals surface area contributed by atoms with Crippen LogP contribution in [0.15, 0.2) is 18.2 Å². The third-order valence-corrected chi connectivity index (χ3v) is 2.80. The van der Waals surface area contributed by atoms with E-state index in [1.807, 2.05) is 6.92 Å². The van der Waals surface area contributed by atoms with Crippen molar-refractivity contribution in [1.82, 2.24) is 5.32 Å². The number of aliphatic hydroxyl groups is 1. The molecule has 2 N–H and O–H groups in total. The monoisotopic (exact) mass is 253 g/mol. The molecule has 0 aliphatic rings. The van der Waals surface area contributed by atoms with E-state index in [1.54, 1.807) is 19.9 Å². The van der Waals surface area contributed by atoms with E-state index in [1.165, 1.54) is 12.1 Å². The molecule has 0 aliphatic carbocycles. The van der Waals surface area contributed by atoms with Crippen molar-refractivity contribution in [3.8, 4) is 0 Å². The number of carbonyl (C=O) groups is 1. The smallest absolute Gasteiger partial charge is 0.251 e. The van der Waals surface area contributed by atoms with Crippen molar-refractivity contribution in [2.75, 3.05) is 6.54 Å². The van der Waals surface area contributed by atoms with Crippen LogP contribution in [-0.2, 0) is 0 Å². The molecule has 0 aromatic heterocycles. The largest absolute Gasteiger partial charge is 0.393 e. The lowest BCUT2D eigenvalue weighted by Gasteiger charge is -2.14. The van der Waals surface area contributed by atoms with Gasteiger partial charge in [0.25, 0.3) is 5.91 Å². The molecule has 0 spiro atoms. The van der Waals surface area contributed by atoms with Crippen LogP contribution in [0.25, 0.3) is 0 Å². The van der Waals surface area contributed by atoms with Crippen molar-refractivity contribution < 1.29 is 14.3 Å². The summed E-state index contributed by atoms with van der Waals surface area (Å²) < 4.78 is 13.1. The van der Waals surface area contributed by atoms with Crippen LogP contribution in [-0.4, -0.2) is 23.7 Å². The Kier molecular flexibility index (Phi) is 5.28. The topological polar surface area (TPSA) is 49.3 Å². The number of aliphatic hydroxyl groups excluding tert-OH is 1. The molecule has 0 radical (unpaired) electrons. The first kappa shape index (κ1) is 14.6. The van der Waals surface area contributed by atoms with Crippen LogP contribution in [0.2, 0.25) is 0 Å². The Hall–Kier alpha value is -1.42. The standard InChI is InChI=1S/C14H20FNO2/c1-9(6-11(3)17)8-16-14(18)13-7-12(15)5-4-10(13)2/h4-5,7,9,11,17H,6,8H2,1-3H3,(H,16,18). The molecule has 1 amide bonds. The molecule has 4 heteroatoms. The van der Waals surface area contributed by atoms with Crippen LogP contribution in [0.1, 0.15) is 36.2 Å². The number of benzene rings is 1. The average molecular weight is 253 g/mol. The summed E-state index contributed by atoms with van der Waals surface area (Å²) in [5.74, 6) is -0.505. The van der Waals surface area contributed by atoms with E-state index in [0.29, 0.717) is 18.5 Å². The van der Waals surface area contributed by atoms with Gasteiger partial charge in [-0.05, 0) is 43.9 Å². The molecule has 1 aromatic rings. The van der Waals surface area contributed by atoms with Gasteiger partial charge in [0.05, 0.1) is 6.10 Å². The zero-order valence-corrected chi connectivity index (χ0v) is 11.0. The minimum absolute atomic E-state index is 0.183. The summed E-state index contributed by atoms with van der Waals surface area (Å²) in [5, 5.41) is 12.0. The predicted octanol–water partition coefficient (Wildman–Crippen LogP) is 2.27. The lowest BCUT2D eigenvalue weighted by Crippen LogP contribution is -2.30. The third-order valence-electron chi connectivity index (χ3n) is 2.80. The predicted molar refractivity (Wildman–Crippen MR) is 68.9 cm³/mol. The van der Waals surface area contributed by atoms with Gasteiger partial charge in [0.1, 0.15) is 5.82 Å². The van der Waals surface area contributed by atoms with Crippen LogP contribution in [0.5, 0.6) is 0 Å². The lowest BCUT2D eigenvalue weighted by molar-refractivity contribution is 0.0938. The summed E-state index contributed by atoms with van der Waals surface area (Å²) in [6.07, 6.45) is 0.246. The minimum atomic E-state index is -0.414. The number of nitrogens with one attached hydrogen (secondary N) is 1. The van der Waals surface area contributed by atoms with Gasteiger partial charge in [-0.3, -0.25) is 4.79 Å². The number of hydrogen-bond donors (Lipinski definition) is 2. The molecule has 0 aliphatic heterocycles. The summed E-state index contributed by atoms with van der Waals surface area (Å²) in [5.41, 5.74) is 1.11. The highest BCUT2D eigenvalue weighted by Crippen LogP contribution is 2.11. The third kappa shape index (κ3) is 4.45. The number of rotatable bonds is 5. The maximum atomic E-state index is 13.1. The van der Waals surface area contributed by atoms with Gasteiger partial charge in [0, 0.05) is 12.1 Å². The fraction of sp³-hybridized carbons (Fsp3) is 0.500. The maximum Gasteiger partial charge on any atom is 0.251 e. The molecule has 1 rings (SSSR count). The zero-order valence-electron chi connectivity index (χ0n) is 11.0. The molecule has 3 nitrogen and oxygen atoms in total. The molecule has 0 fully saturated rings. The Morgan fingerprint density at radius 1 is 1.44 bits per heavy atom. The summed E-state index contributed by atoms with van der Waals surface area (Å²) in [6, 6.07) is 4.16. The number of carbonyl (C=O) groups excluding carboxylic acids is 1. The molecule has 2 unspecified atom stereocenters. The number of hydrogen-bond acceptors (Lipinski definition) is 2. The van der Waals surface area contributed by atoms with Gasteiger partial charge < -0.3 is 10.4 Å². The summed E-state index contributed by atoms with van der Waals surface area (Å²) in [6.45, 7) is 5.91. The SMILES string of the molecule is Cc1ccc(F)cc1C(=O)NCC(C)CC(C)O. The molecule has 0 heterocycles. The maximum absolute atomic E-state index is 13.1. The molecule has 18 heavy (non-hydrogen) atoms. The molecule has 0 saturated carbocycles. The van der Waals surface area contributed by atoms with Crippen molar-refractivity contribution in [2.24, 2.45) is 5.92 Å². The first-order valence-corrected chi connectivity index (χ1v) is 6.12. The van der Waals surface area contributed by atoms with Crippen LogP contribution in [0.4, 0.5) is 4.39 Å². The van der Waals surface area contributed by atoms with E-state index in [9.17, 15) is 14.3 Å². The van der Waals surface area contributed by atoms with Crippen LogP contribution < -0.4 is 5.32 Å². The van der Waals surface area contributed by atoms with Crippen molar-refractivity contribution in [2.45, 2.75) is 33.3 Å². The fourth-order valence-electron chi connectivity index (χ4n) is 1.87. The number of amides is 1. The molecule has 0 bridgehead atoms. The second-order valence-corrected chi connectivity index (χ2v) is 4.86. The Balaban J connectivity index is 2.58. The highest BCUT2D eigenvalue weighted by Gasteiger charge is 2.12. The quantitative estimate of drug-likeness (QED) is 0.845. The first-order valence-electron chi connectivity index (χ1n) is 6.12. The molecular weight excluding hydrogens is 233 g/mol. The van der Waals surface area contributed by atoms with Crippen molar-refractivity contribution >= 4 is 5.91 Å². The van der Waals surface area contributed by atoms with E-state index in [4.69, 9.17) is 0 Å². The molecule has 1 aromatic carbocycles. The van der Waals surface area contributed by atoms with Crippen molar-refractivity contribution in [1.29, 1.82) is 0 Å². The van der Waals surface area contributed by atoms with Gasteiger partial charge in [-0.25, -0.2) is 4.39 Å². The van der Waals surface area contributed by atoms with Crippen LogP contribution in [0, 0.1) is 18.7 Å². The zero-order chi connectivity index (χ0) is 13.7. The lowest BCUT2D eigenvalue weighted by atomic mass is 10.0. The summed E-state index contributed by atoms with van der Waals surface area (Å²) >= 11 is 0. The van der Waals surface area contributed by atoms with Crippen molar-refractivity contribution in [3.63, 3.8) is 0 Å². The van der Waals surface area contributed by atoms with Gasteiger partial charge in [-0.1, -0.05) is 13.0 Å². The summed E-state index contributed by atoms with van der Waals surface area (Å²) in [7, 11) is 0. The van der Waals surface area contributed by atoms with Crippen LogP contribution >= 0.6 is 0 Å². The van der Waals surface area contributed by atoms with Gasteiger partial charge >= 0.3 is 0 Å². The second kappa shape index (κ2) is 6.50. The Morgan fingerprint density at radius 2 is 2.11 bits per heavy atom. The Morgan fingerprint density at radius 3 is 2.72 bits per heavy atom. The normalized spacial score (nSPS) is 14.1. The van der Waals surface area contributed by atoms with Crippen molar-refractivity contribution in [3.05, 3.63) is 35.1 Å². The Bertz CT molecular complexity index is 418. The van der Waals surface area contributed by atoms with E-state index in [-0.39, 0.29) is 17.9 Å². The van der Waals surface area contributed by atoms with Gasteiger partial charge in [-0.2, -0.15) is 0 Å².